The summed E-state index contributed by atoms with van der Waals surface area (Å²) >= 11 is 1.33. The molecule has 0 saturated heterocycles. The molecule has 2 rings (SSSR count). The number of methoxy groups -OCH3 is 1. The standard InChI is InChI=1S/C20H27N3O4S/c1-5-27-10-6-9-23(12-18-22-17(13-28-18)19(24)26-4)20(25)21-16-8-7-14(2)15(3)11-16/h7-8,11,13H,5-6,9-10,12H2,1-4H3,(H,21,25). The van der Waals surface area contributed by atoms with Crippen LogP contribution < -0.4 is 5.32 Å². The molecule has 2 amide bonds. The Morgan fingerprint density at radius 3 is 2.71 bits per heavy atom. The zero-order valence-corrected chi connectivity index (χ0v) is 17.6. The average molecular weight is 406 g/mol. The van der Waals surface area contributed by atoms with Gasteiger partial charge in [0.05, 0.1) is 13.7 Å². The third kappa shape index (κ3) is 6.31. The van der Waals surface area contributed by atoms with Crippen molar-refractivity contribution in [3.8, 4) is 0 Å². The fraction of sp³-hybridized carbons (Fsp3) is 0.450. The number of nitrogens with zero attached hydrogens (tertiary/aromatic N) is 2. The molecule has 0 saturated carbocycles. The zero-order chi connectivity index (χ0) is 20.5. The van der Waals surface area contributed by atoms with Crippen molar-refractivity contribution < 1.29 is 19.1 Å². The van der Waals surface area contributed by atoms with Crippen LogP contribution in [0.3, 0.4) is 0 Å². The Bertz CT molecular complexity index is 806. The van der Waals surface area contributed by atoms with Gasteiger partial charge in [-0.15, -0.1) is 11.3 Å². The van der Waals surface area contributed by atoms with Crippen molar-refractivity contribution >= 4 is 29.0 Å². The maximum absolute atomic E-state index is 12.8. The smallest absolute Gasteiger partial charge is 0.357 e. The summed E-state index contributed by atoms with van der Waals surface area (Å²) in [6.07, 6.45) is 0.712. The summed E-state index contributed by atoms with van der Waals surface area (Å²) in [5, 5.41) is 5.26. The highest BCUT2D eigenvalue weighted by atomic mass is 32.1. The Morgan fingerprint density at radius 1 is 1.25 bits per heavy atom. The summed E-state index contributed by atoms with van der Waals surface area (Å²) in [5.41, 5.74) is 3.29. The van der Waals surface area contributed by atoms with Gasteiger partial charge in [0, 0.05) is 30.8 Å². The molecule has 0 aliphatic carbocycles. The maximum atomic E-state index is 12.8. The van der Waals surface area contributed by atoms with E-state index in [2.05, 4.69) is 15.0 Å². The Kier molecular flexibility index (Phi) is 8.41. The molecule has 8 heteroatoms. The summed E-state index contributed by atoms with van der Waals surface area (Å²) < 4.78 is 10.1. The number of hydrogen-bond donors (Lipinski definition) is 1. The fourth-order valence-electron chi connectivity index (χ4n) is 2.52. The van der Waals surface area contributed by atoms with E-state index < -0.39 is 5.97 Å². The predicted molar refractivity (Wildman–Crippen MR) is 110 cm³/mol. The van der Waals surface area contributed by atoms with Gasteiger partial charge in [-0.05, 0) is 50.5 Å². The minimum absolute atomic E-state index is 0.213. The summed E-state index contributed by atoms with van der Waals surface area (Å²) in [6.45, 7) is 8.03. The first kappa shape index (κ1) is 21.8. The van der Waals surface area contributed by atoms with Crippen molar-refractivity contribution in [2.24, 2.45) is 0 Å². The number of amides is 2. The normalized spacial score (nSPS) is 10.6. The van der Waals surface area contributed by atoms with Gasteiger partial charge in [-0.25, -0.2) is 14.6 Å². The van der Waals surface area contributed by atoms with E-state index in [1.54, 1.807) is 10.3 Å². The van der Waals surface area contributed by atoms with Gasteiger partial charge in [-0.1, -0.05) is 6.07 Å². The summed E-state index contributed by atoms with van der Waals surface area (Å²) in [4.78, 5) is 30.4. The highest BCUT2D eigenvalue weighted by molar-refractivity contribution is 7.09. The van der Waals surface area contributed by atoms with E-state index in [0.29, 0.717) is 37.7 Å². The number of rotatable bonds is 9. The predicted octanol–water partition coefficient (Wildman–Crippen LogP) is 4.01. The van der Waals surface area contributed by atoms with Gasteiger partial charge in [0.25, 0.3) is 0 Å². The number of aromatic nitrogens is 1. The van der Waals surface area contributed by atoms with Crippen LogP contribution in [0.15, 0.2) is 23.6 Å². The quantitative estimate of drug-likeness (QED) is 0.504. The SMILES string of the molecule is CCOCCCN(Cc1nc(C(=O)OC)cs1)C(=O)Nc1ccc(C)c(C)c1. The monoisotopic (exact) mass is 405 g/mol. The third-order valence-corrected chi connectivity index (χ3v) is 5.07. The Labute approximate surface area is 169 Å². The van der Waals surface area contributed by atoms with Crippen molar-refractivity contribution in [3.05, 3.63) is 45.4 Å². The molecule has 0 atom stereocenters. The Hall–Kier alpha value is -2.45. The van der Waals surface area contributed by atoms with E-state index in [1.807, 2.05) is 39.0 Å². The molecular weight excluding hydrogens is 378 g/mol. The van der Waals surface area contributed by atoms with Gasteiger partial charge in [0.15, 0.2) is 5.69 Å². The molecule has 0 radical (unpaired) electrons. The minimum atomic E-state index is -0.482. The van der Waals surface area contributed by atoms with Crippen LogP contribution >= 0.6 is 11.3 Å². The number of anilines is 1. The number of esters is 1. The van der Waals surface area contributed by atoms with Crippen molar-refractivity contribution in [2.75, 3.05) is 32.2 Å². The van der Waals surface area contributed by atoms with E-state index in [9.17, 15) is 9.59 Å². The number of ether oxygens (including phenoxy) is 2. The number of aryl methyl sites for hydroxylation is 2. The van der Waals surface area contributed by atoms with Gasteiger partial charge < -0.3 is 19.7 Å². The zero-order valence-electron chi connectivity index (χ0n) is 16.8. The van der Waals surface area contributed by atoms with E-state index >= 15 is 0 Å². The molecule has 0 unspecified atom stereocenters. The van der Waals surface area contributed by atoms with E-state index in [-0.39, 0.29) is 11.7 Å². The average Bonchev–Trinajstić information content (AvgIpc) is 3.15. The minimum Gasteiger partial charge on any atom is -0.464 e. The van der Waals surface area contributed by atoms with Crippen LogP contribution in [0.25, 0.3) is 0 Å². The molecule has 2 aromatic rings. The van der Waals surface area contributed by atoms with Crippen molar-refractivity contribution in [1.82, 2.24) is 9.88 Å². The van der Waals surface area contributed by atoms with Gasteiger partial charge in [0.1, 0.15) is 5.01 Å². The first-order valence-electron chi connectivity index (χ1n) is 9.18. The molecule has 1 aromatic carbocycles. The van der Waals surface area contributed by atoms with Crippen LogP contribution in [0, 0.1) is 13.8 Å². The number of nitrogens with one attached hydrogen (secondary N) is 1. The molecule has 0 aliphatic heterocycles. The molecule has 0 bridgehead atoms. The number of hydrogen-bond acceptors (Lipinski definition) is 6. The van der Waals surface area contributed by atoms with Crippen LogP contribution in [-0.2, 0) is 16.0 Å². The van der Waals surface area contributed by atoms with Crippen molar-refractivity contribution in [1.29, 1.82) is 0 Å². The molecule has 1 aromatic heterocycles. The summed E-state index contributed by atoms with van der Waals surface area (Å²) in [6, 6.07) is 5.60. The lowest BCUT2D eigenvalue weighted by Gasteiger charge is -2.22. The molecule has 1 heterocycles. The van der Waals surface area contributed by atoms with E-state index in [0.717, 1.165) is 11.3 Å². The molecular formula is C20H27N3O4S. The first-order chi connectivity index (χ1) is 13.4. The molecule has 28 heavy (non-hydrogen) atoms. The summed E-state index contributed by atoms with van der Waals surface area (Å²) in [7, 11) is 1.32. The number of carbonyl (C=O) groups excluding carboxylic acids is 2. The second-order valence-corrected chi connectivity index (χ2v) is 7.26. The molecule has 0 fully saturated rings. The van der Waals surface area contributed by atoms with Gasteiger partial charge in [-0.2, -0.15) is 0 Å². The van der Waals surface area contributed by atoms with Gasteiger partial charge >= 0.3 is 12.0 Å². The molecule has 0 spiro atoms. The number of benzene rings is 1. The second kappa shape index (κ2) is 10.8. The number of thiazole rings is 1. The Balaban J connectivity index is 2.08. The van der Waals surface area contributed by atoms with Gasteiger partial charge in [0.2, 0.25) is 0 Å². The lowest BCUT2D eigenvalue weighted by molar-refractivity contribution is 0.0594. The summed E-state index contributed by atoms with van der Waals surface area (Å²) in [5.74, 6) is -0.482. The highest BCUT2D eigenvalue weighted by Crippen LogP contribution is 2.17. The van der Waals surface area contributed by atoms with Crippen LogP contribution in [0.1, 0.15) is 40.0 Å². The van der Waals surface area contributed by atoms with Crippen molar-refractivity contribution in [3.63, 3.8) is 0 Å². The lowest BCUT2D eigenvalue weighted by Crippen LogP contribution is -2.35. The molecule has 0 aliphatic rings. The maximum Gasteiger partial charge on any atom is 0.357 e. The van der Waals surface area contributed by atoms with Crippen LogP contribution in [-0.4, -0.2) is 48.8 Å². The number of urea groups is 1. The molecule has 1 N–H and O–H groups in total. The lowest BCUT2D eigenvalue weighted by atomic mass is 10.1. The molecule has 7 nitrogen and oxygen atoms in total. The first-order valence-corrected chi connectivity index (χ1v) is 10.1. The van der Waals surface area contributed by atoms with Crippen molar-refractivity contribution in [2.45, 2.75) is 33.7 Å². The van der Waals surface area contributed by atoms with Crippen LogP contribution in [0.2, 0.25) is 0 Å². The second-order valence-electron chi connectivity index (χ2n) is 6.32. The molecule has 152 valence electrons. The van der Waals surface area contributed by atoms with E-state index in [1.165, 1.54) is 24.0 Å². The van der Waals surface area contributed by atoms with Crippen LogP contribution in [0.4, 0.5) is 10.5 Å². The number of carbonyl (C=O) groups is 2. The fourth-order valence-corrected chi connectivity index (χ4v) is 3.30. The van der Waals surface area contributed by atoms with Crippen LogP contribution in [0.5, 0.6) is 0 Å². The third-order valence-electron chi connectivity index (χ3n) is 4.24. The largest absolute Gasteiger partial charge is 0.464 e. The topological polar surface area (TPSA) is 80.8 Å². The Morgan fingerprint density at radius 2 is 2.04 bits per heavy atom. The van der Waals surface area contributed by atoms with E-state index in [4.69, 9.17) is 4.74 Å². The van der Waals surface area contributed by atoms with Gasteiger partial charge in [-0.3, -0.25) is 0 Å². The highest BCUT2D eigenvalue weighted by Gasteiger charge is 2.18.